The number of halogens is 1. The fourth-order valence-electron chi connectivity index (χ4n) is 1.86. The highest BCUT2D eigenvalue weighted by Crippen LogP contribution is 2.25. The zero-order valence-electron chi connectivity index (χ0n) is 12.4. The molecule has 2 aromatic rings. The Labute approximate surface area is 138 Å². The number of primary amides is 1. The van der Waals surface area contributed by atoms with Gasteiger partial charge in [-0.2, -0.15) is 0 Å². The van der Waals surface area contributed by atoms with Crippen molar-refractivity contribution >= 4 is 35.2 Å². The quantitative estimate of drug-likeness (QED) is 0.826. The molecule has 2 rings (SSSR count). The molecular weight excluding hydrogens is 316 g/mol. The summed E-state index contributed by atoms with van der Waals surface area (Å²) in [6, 6.07) is 11.5. The van der Waals surface area contributed by atoms with Gasteiger partial charge in [0.1, 0.15) is 5.75 Å². The van der Waals surface area contributed by atoms with Crippen LogP contribution in [0.3, 0.4) is 0 Å². The average Bonchev–Trinajstić information content (AvgIpc) is 2.53. The number of amides is 2. The van der Waals surface area contributed by atoms with E-state index in [1.807, 2.05) is 0 Å². The lowest BCUT2D eigenvalue weighted by Crippen LogP contribution is -2.11. The summed E-state index contributed by atoms with van der Waals surface area (Å²) in [6.45, 7) is 0. The van der Waals surface area contributed by atoms with Crippen LogP contribution in [0.2, 0.25) is 5.02 Å². The standard InChI is InChI=1S/C17H15ClN2O3/c1-23-15-8-2-11(10-14(15)18)3-9-16(21)20-13-6-4-12(5-7-13)17(19)22/h2-10H,1H3,(H2,19,22)(H,20,21). The van der Waals surface area contributed by atoms with Crippen molar-refractivity contribution in [3.05, 3.63) is 64.7 Å². The summed E-state index contributed by atoms with van der Waals surface area (Å²) >= 11 is 6.02. The minimum absolute atomic E-state index is 0.302. The van der Waals surface area contributed by atoms with Crippen LogP contribution < -0.4 is 15.8 Å². The predicted octanol–water partition coefficient (Wildman–Crippen LogP) is 3.10. The fraction of sp³-hybridized carbons (Fsp3) is 0.0588. The molecule has 0 unspecified atom stereocenters. The van der Waals surface area contributed by atoms with Crippen molar-refractivity contribution in [3.8, 4) is 5.75 Å². The summed E-state index contributed by atoms with van der Waals surface area (Å²) in [5.41, 5.74) is 6.87. The van der Waals surface area contributed by atoms with Gasteiger partial charge < -0.3 is 15.8 Å². The summed E-state index contributed by atoms with van der Waals surface area (Å²) in [5.74, 6) is -0.245. The van der Waals surface area contributed by atoms with Gasteiger partial charge >= 0.3 is 0 Å². The second-order valence-corrected chi connectivity index (χ2v) is 5.07. The average molecular weight is 331 g/mol. The Bertz CT molecular complexity index is 755. The van der Waals surface area contributed by atoms with Gasteiger partial charge in [-0.3, -0.25) is 9.59 Å². The third-order valence-electron chi connectivity index (χ3n) is 3.04. The lowest BCUT2D eigenvalue weighted by molar-refractivity contribution is -0.111. The number of ether oxygens (including phenoxy) is 1. The van der Waals surface area contributed by atoms with E-state index < -0.39 is 5.91 Å². The van der Waals surface area contributed by atoms with Gasteiger partial charge in [0, 0.05) is 17.3 Å². The molecule has 0 atom stereocenters. The fourth-order valence-corrected chi connectivity index (χ4v) is 2.13. The highest BCUT2D eigenvalue weighted by atomic mass is 35.5. The smallest absolute Gasteiger partial charge is 0.248 e. The Morgan fingerprint density at radius 1 is 1.17 bits per heavy atom. The topological polar surface area (TPSA) is 81.4 Å². The summed E-state index contributed by atoms with van der Waals surface area (Å²) < 4.78 is 5.06. The van der Waals surface area contributed by atoms with Gasteiger partial charge in [0.2, 0.25) is 11.8 Å². The van der Waals surface area contributed by atoms with Crippen molar-refractivity contribution in [2.45, 2.75) is 0 Å². The molecule has 6 heteroatoms. The van der Waals surface area contributed by atoms with Crippen molar-refractivity contribution in [1.29, 1.82) is 0 Å². The molecule has 118 valence electrons. The number of nitrogens with one attached hydrogen (secondary N) is 1. The lowest BCUT2D eigenvalue weighted by Gasteiger charge is -2.04. The van der Waals surface area contributed by atoms with Crippen LogP contribution in [0.25, 0.3) is 6.08 Å². The maximum atomic E-state index is 11.9. The zero-order valence-corrected chi connectivity index (χ0v) is 13.1. The van der Waals surface area contributed by atoms with Crippen LogP contribution in [-0.2, 0) is 4.79 Å². The van der Waals surface area contributed by atoms with Crippen molar-refractivity contribution in [2.24, 2.45) is 5.73 Å². The molecule has 3 N–H and O–H groups in total. The Kier molecular flexibility index (Phi) is 5.38. The second kappa shape index (κ2) is 7.47. The number of hydrogen-bond acceptors (Lipinski definition) is 3. The Balaban J connectivity index is 2.01. The van der Waals surface area contributed by atoms with Gasteiger partial charge in [0.25, 0.3) is 0 Å². The third kappa shape index (κ3) is 4.59. The summed E-state index contributed by atoms with van der Waals surface area (Å²) in [4.78, 5) is 22.8. The van der Waals surface area contributed by atoms with Gasteiger partial charge in [0.05, 0.1) is 12.1 Å². The number of anilines is 1. The van der Waals surface area contributed by atoms with Gasteiger partial charge in [-0.1, -0.05) is 17.7 Å². The molecule has 0 saturated carbocycles. The van der Waals surface area contributed by atoms with E-state index in [1.54, 1.807) is 48.5 Å². The van der Waals surface area contributed by atoms with Crippen molar-refractivity contribution < 1.29 is 14.3 Å². The largest absolute Gasteiger partial charge is 0.495 e. The molecule has 23 heavy (non-hydrogen) atoms. The number of rotatable bonds is 5. The van der Waals surface area contributed by atoms with E-state index in [9.17, 15) is 9.59 Å². The minimum atomic E-state index is -0.515. The highest BCUT2D eigenvalue weighted by Gasteiger charge is 2.03. The van der Waals surface area contributed by atoms with E-state index in [1.165, 1.54) is 13.2 Å². The molecule has 0 saturated heterocycles. The van der Waals surface area contributed by atoms with E-state index in [2.05, 4.69) is 5.32 Å². The minimum Gasteiger partial charge on any atom is -0.495 e. The molecule has 0 aliphatic heterocycles. The van der Waals surface area contributed by atoms with Crippen LogP contribution in [-0.4, -0.2) is 18.9 Å². The molecule has 2 amide bonds. The number of hydrogen-bond donors (Lipinski definition) is 2. The maximum Gasteiger partial charge on any atom is 0.248 e. The molecule has 0 radical (unpaired) electrons. The van der Waals surface area contributed by atoms with E-state index >= 15 is 0 Å². The molecule has 0 spiro atoms. The van der Waals surface area contributed by atoms with Crippen LogP contribution in [0.15, 0.2) is 48.5 Å². The van der Waals surface area contributed by atoms with Gasteiger partial charge in [-0.05, 0) is 48.0 Å². The normalized spacial score (nSPS) is 10.5. The second-order valence-electron chi connectivity index (χ2n) is 4.66. The van der Waals surface area contributed by atoms with Crippen LogP contribution >= 0.6 is 11.6 Å². The molecule has 0 aromatic heterocycles. The monoisotopic (exact) mass is 330 g/mol. The number of methoxy groups -OCH3 is 1. The molecule has 2 aromatic carbocycles. The van der Waals surface area contributed by atoms with Crippen LogP contribution in [0.4, 0.5) is 5.69 Å². The first kappa shape index (κ1) is 16.6. The molecule has 0 bridgehead atoms. The first-order valence-electron chi connectivity index (χ1n) is 6.72. The van der Waals surface area contributed by atoms with E-state index in [-0.39, 0.29) is 5.91 Å². The Morgan fingerprint density at radius 2 is 1.87 bits per heavy atom. The van der Waals surface area contributed by atoms with Crippen LogP contribution in [0, 0.1) is 0 Å². The summed E-state index contributed by atoms with van der Waals surface area (Å²) in [5, 5.41) is 3.15. The lowest BCUT2D eigenvalue weighted by atomic mass is 10.2. The highest BCUT2D eigenvalue weighted by molar-refractivity contribution is 6.32. The SMILES string of the molecule is COc1ccc(C=CC(=O)Nc2ccc(C(N)=O)cc2)cc1Cl. The van der Waals surface area contributed by atoms with Crippen LogP contribution in [0.5, 0.6) is 5.75 Å². The zero-order chi connectivity index (χ0) is 16.8. The predicted molar refractivity (Wildman–Crippen MR) is 90.6 cm³/mol. The summed E-state index contributed by atoms with van der Waals surface area (Å²) in [7, 11) is 1.54. The maximum absolute atomic E-state index is 11.9. The molecular formula is C17H15ClN2O3. The number of benzene rings is 2. The third-order valence-corrected chi connectivity index (χ3v) is 3.34. The molecule has 0 heterocycles. The number of carbonyl (C=O) groups excluding carboxylic acids is 2. The Hall–Kier alpha value is -2.79. The number of nitrogens with two attached hydrogens (primary N) is 1. The van der Waals surface area contributed by atoms with Crippen molar-refractivity contribution in [2.75, 3.05) is 12.4 Å². The molecule has 5 nitrogen and oxygen atoms in total. The number of carbonyl (C=O) groups is 2. The molecule has 0 fully saturated rings. The summed E-state index contributed by atoms with van der Waals surface area (Å²) in [6.07, 6.45) is 3.03. The van der Waals surface area contributed by atoms with Crippen molar-refractivity contribution in [3.63, 3.8) is 0 Å². The van der Waals surface area contributed by atoms with Crippen molar-refractivity contribution in [1.82, 2.24) is 0 Å². The first-order valence-corrected chi connectivity index (χ1v) is 7.10. The van der Waals surface area contributed by atoms with E-state index in [4.69, 9.17) is 22.1 Å². The Morgan fingerprint density at radius 3 is 2.43 bits per heavy atom. The van der Waals surface area contributed by atoms with Gasteiger partial charge in [0.15, 0.2) is 0 Å². The van der Waals surface area contributed by atoms with E-state index in [0.29, 0.717) is 22.0 Å². The molecule has 0 aliphatic carbocycles. The first-order chi connectivity index (χ1) is 11.0. The molecule has 0 aliphatic rings. The van der Waals surface area contributed by atoms with Crippen LogP contribution in [0.1, 0.15) is 15.9 Å². The van der Waals surface area contributed by atoms with E-state index in [0.717, 1.165) is 5.56 Å². The van der Waals surface area contributed by atoms with Gasteiger partial charge in [-0.25, -0.2) is 0 Å². The van der Waals surface area contributed by atoms with Gasteiger partial charge in [-0.15, -0.1) is 0 Å².